The van der Waals surface area contributed by atoms with Crippen LogP contribution in [0.5, 0.6) is 5.75 Å². The molecule has 1 heterocycles. The van der Waals surface area contributed by atoms with Crippen molar-refractivity contribution < 1.29 is 24.9 Å². The smallest absolute Gasteiger partial charge is 0.343 e. The van der Waals surface area contributed by atoms with Gasteiger partial charge in [-0.2, -0.15) is 0 Å². The number of aromatic hydroxyl groups is 1. The molecule has 0 bridgehead atoms. The van der Waals surface area contributed by atoms with Crippen LogP contribution in [0.25, 0.3) is 17.0 Å². The fourth-order valence-corrected chi connectivity index (χ4v) is 1.56. The van der Waals surface area contributed by atoms with Crippen LogP contribution in [0.3, 0.4) is 0 Å². The highest BCUT2D eigenvalue weighted by molar-refractivity contribution is 6.16. The Bertz CT molecular complexity index is 689. The first-order valence-corrected chi connectivity index (χ1v) is 5.25. The number of phenols is 1. The van der Waals surface area contributed by atoms with E-state index in [2.05, 4.69) is 4.98 Å². The summed E-state index contributed by atoms with van der Waals surface area (Å²) in [5.41, 5.74) is -0.131. The third kappa shape index (κ3) is 2.68. The average Bonchev–Trinajstić information content (AvgIpc) is 2.34. The third-order valence-corrected chi connectivity index (χ3v) is 2.45. The molecule has 0 unspecified atom stereocenters. The van der Waals surface area contributed by atoms with E-state index >= 15 is 0 Å². The van der Waals surface area contributed by atoms with Crippen LogP contribution in [0, 0.1) is 0 Å². The minimum absolute atomic E-state index is 0.0258. The van der Waals surface area contributed by atoms with E-state index in [1.807, 2.05) is 0 Å². The average molecular weight is 259 g/mol. The number of aliphatic carboxylic acids is 2. The zero-order valence-corrected chi connectivity index (χ0v) is 9.57. The summed E-state index contributed by atoms with van der Waals surface area (Å²) in [6, 6.07) is 7.73. The molecule has 6 heteroatoms. The molecule has 0 aliphatic carbocycles. The number of carbonyl (C=O) groups is 2. The van der Waals surface area contributed by atoms with Gasteiger partial charge in [-0.15, -0.1) is 0 Å². The van der Waals surface area contributed by atoms with E-state index in [1.54, 1.807) is 12.1 Å². The van der Waals surface area contributed by atoms with Gasteiger partial charge >= 0.3 is 11.9 Å². The third-order valence-electron chi connectivity index (χ3n) is 2.45. The van der Waals surface area contributed by atoms with Crippen molar-refractivity contribution in [2.45, 2.75) is 0 Å². The zero-order valence-electron chi connectivity index (χ0n) is 9.57. The Morgan fingerprint density at radius 1 is 1.05 bits per heavy atom. The maximum atomic E-state index is 10.7. The van der Waals surface area contributed by atoms with E-state index in [-0.39, 0.29) is 11.4 Å². The van der Waals surface area contributed by atoms with E-state index < -0.39 is 17.5 Å². The monoisotopic (exact) mass is 259 g/mol. The summed E-state index contributed by atoms with van der Waals surface area (Å²) in [6.45, 7) is 0. The van der Waals surface area contributed by atoms with Crippen LogP contribution in [0.4, 0.5) is 0 Å². The maximum absolute atomic E-state index is 10.7. The molecule has 19 heavy (non-hydrogen) atoms. The van der Waals surface area contributed by atoms with Crippen LogP contribution in [0.1, 0.15) is 5.69 Å². The molecular formula is C13H9NO5. The molecule has 0 aliphatic heterocycles. The van der Waals surface area contributed by atoms with E-state index in [9.17, 15) is 14.7 Å². The van der Waals surface area contributed by atoms with E-state index in [0.717, 1.165) is 11.5 Å². The largest absolute Gasteiger partial charge is 0.508 e. The van der Waals surface area contributed by atoms with Crippen LogP contribution in [-0.4, -0.2) is 32.2 Å². The van der Waals surface area contributed by atoms with Crippen molar-refractivity contribution in [2.24, 2.45) is 0 Å². The lowest BCUT2D eigenvalue weighted by Crippen LogP contribution is -2.11. The SMILES string of the molecule is O=C(O)C(=Cc1ccc2ccc(O)cc2n1)C(=O)O. The van der Waals surface area contributed by atoms with E-state index in [4.69, 9.17) is 10.2 Å². The summed E-state index contributed by atoms with van der Waals surface area (Å²) in [5, 5.41) is 27.6. The molecule has 0 saturated heterocycles. The number of carboxylic acids is 2. The van der Waals surface area contributed by atoms with Gasteiger partial charge in [-0.3, -0.25) is 0 Å². The van der Waals surface area contributed by atoms with Crippen LogP contribution in [0.15, 0.2) is 35.9 Å². The number of hydrogen-bond acceptors (Lipinski definition) is 4. The van der Waals surface area contributed by atoms with Crippen molar-refractivity contribution in [1.82, 2.24) is 4.98 Å². The highest BCUT2D eigenvalue weighted by Gasteiger charge is 2.16. The minimum atomic E-state index is -1.54. The minimum Gasteiger partial charge on any atom is -0.508 e. The molecule has 0 spiro atoms. The first-order chi connectivity index (χ1) is 8.97. The molecule has 0 saturated carbocycles. The quantitative estimate of drug-likeness (QED) is 0.438. The number of rotatable bonds is 3. The Morgan fingerprint density at radius 2 is 1.68 bits per heavy atom. The summed E-state index contributed by atoms with van der Waals surface area (Å²) in [6.07, 6.45) is 0.966. The van der Waals surface area contributed by atoms with Crippen molar-refractivity contribution >= 4 is 28.9 Å². The van der Waals surface area contributed by atoms with Crippen LogP contribution in [0.2, 0.25) is 0 Å². The molecule has 3 N–H and O–H groups in total. The van der Waals surface area contributed by atoms with E-state index in [1.165, 1.54) is 18.2 Å². The van der Waals surface area contributed by atoms with Gasteiger partial charge in [-0.25, -0.2) is 14.6 Å². The number of fused-ring (bicyclic) bond motifs is 1. The van der Waals surface area contributed by atoms with Gasteiger partial charge in [0.2, 0.25) is 0 Å². The number of aromatic nitrogens is 1. The maximum Gasteiger partial charge on any atom is 0.343 e. The van der Waals surface area contributed by atoms with Crippen molar-refractivity contribution in [3.05, 3.63) is 41.6 Å². The van der Waals surface area contributed by atoms with Crippen molar-refractivity contribution in [3.63, 3.8) is 0 Å². The number of hydrogen-bond donors (Lipinski definition) is 3. The second kappa shape index (κ2) is 4.77. The number of nitrogens with zero attached hydrogens (tertiary/aromatic N) is 1. The van der Waals surface area contributed by atoms with Gasteiger partial charge in [-0.1, -0.05) is 6.07 Å². The number of benzene rings is 1. The molecule has 0 amide bonds. The molecule has 96 valence electrons. The summed E-state index contributed by atoms with van der Waals surface area (Å²) < 4.78 is 0. The standard InChI is InChI=1S/C13H9NO5/c15-9-4-2-7-1-3-8(14-11(7)6-9)5-10(12(16)17)13(18)19/h1-6,15H,(H,16,17)(H,18,19). The highest BCUT2D eigenvalue weighted by Crippen LogP contribution is 2.19. The fourth-order valence-electron chi connectivity index (χ4n) is 1.56. The number of carboxylic acid groups (broad SMARTS) is 2. The summed E-state index contributed by atoms with van der Waals surface area (Å²) in [5.74, 6) is -3.05. The van der Waals surface area contributed by atoms with Crippen LogP contribution >= 0.6 is 0 Å². The molecular weight excluding hydrogens is 250 g/mol. The molecule has 1 aromatic carbocycles. The Labute approximate surface area is 107 Å². The van der Waals surface area contributed by atoms with Gasteiger partial charge in [0, 0.05) is 11.5 Å². The lowest BCUT2D eigenvalue weighted by molar-refractivity contribution is -0.140. The Hall–Kier alpha value is -2.89. The first-order valence-electron chi connectivity index (χ1n) is 5.25. The lowest BCUT2D eigenvalue weighted by Gasteiger charge is -2.01. The topological polar surface area (TPSA) is 108 Å². The molecule has 6 nitrogen and oxygen atoms in total. The molecule has 0 aliphatic rings. The van der Waals surface area contributed by atoms with Crippen molar-refractivity contribution in [2.75, 3.05) is 0 Å². The van der Waals surface area contributed by atoms with Gasteiger partial charge in [0.25, 0.3) is 0 Å². The Kier molecular flexibility index (Phi) is 3.15. The van der Waals surface area contributed by atoms with Crippen LogP contribution in [-0.2, 0) is 9.59 Å². The summed E-state index contributed by atoms with van der Waals surface area (Å²) in [7, 11) is 0. The molecule has 0 radical (unpaired) electrons. The fraction of sp³-hybridized carbons (Fsp3) is 0. The molecule has 0 atom stereocenters. The number of pyridine rings is 1. The van der Waals surface area contributed by atoms with Gasteiger partial charge in [0.05, 0.1) is 11.2 Å². The predicted octanol–water partition coefficient (Wildman–Crippen LogP) is 1.49. The zero-order chi connectivity index (χ0) is 14.0. The second-order valence-electron chi connectivity index (χ2n) is 3.78. The van der Waals surface area contributed by atoms with Crippen molar-refractivity contribution in [1.29, 1.82) is 0 Å². The molecule has 2 aromatic rings. The molecule has 2 rings (SSSR count). The van der Waals surface area contributed by atoms with Crippen LogP contribution < -0.4 is 0 Å². The summed E-state index contributed by atoms with van der Waals surface area (Å²) in [4.78, 5) is 25.6. The predicted molar refractivity (Wildman–Crippen MR) is 66.7 cm³/mol. The Balaban J connectivity index is 2.54. The van der Waals surface area contributed by atoms with Gasteiger partial charge in [0.1, 0.15) is 11.3 Å². The highest BCUT2D eigenvalue weighted by atomic mass is 16.4. The normalized spacial score (nSPS) is 10.1. The molecule has 0 fully saturated rings. The van der Waals surface area contributed by atoms with Crippen molar-refractivity contribution in [3.8, 4) is 5.75 Å². The lowest BCUT2D eigenvalue weighted by atomic mass is 10.1. The summed E-state index contributed by atoms with van der Waals surface area (Å²) >= 11 is 0. The van der Waals surface area contributed by atoms with Gasteiger partial charge < -0.3 is 15.3 Å². The van der Waals surface area contributed by atoms with Gasteiger partial charge in [0.15, 0.2) is 0 Å². The first kappa shape index (κ1) is 12.6. The van der Waals surface area contributed by atoms with E-state index in [0.29, 0.717) is 5.52 Å². The van der Waals surface area contributed by atoms with Gasteiger partial charge in [-0.05, 0) is 24.3 Å². The second-order valence-corrected chi connectivity index (χ2v) is 3.78. The Morgan fingerprint density at radius 3 is 2.32 bits per heavy atom. The number of phenolic OH excluding ortho intramolecular Hbond substituents is 1. The molecule has 1 aromatic heterocycles.